The standard InChI is InChI=1S/C16H27N3/c1-12(2)9-13(3)19(4)16-7-8-17-15(10-16)11-18-14-5-6-14/h7-8,10,12-14,18H,5-6,9,11H2,1-4H3. The molecule has 1 aliphatic rings. The minimum atomic E-state index is 0.562. The van der Waals surface area contributed by atoms with Crippen molar-refractivity contribution in [1.29, 1.82) is 0 Å². The quantitative estimate of drug-likeness (QED) is 0.817. The number of nitrogens with one attached hydrogen (secondary N) is 1. The highest BCUT2D eigenvalue weighted by molar-refractivity contribution is 5.46. The number of hydrogen-bond acceptors (Lipinski definition) is 3. The molecule has 19 heavy (non-hydrogen) atoms. The summed E-state index contributed by atoms with van der Waals surface area (Å²) in [6.07, 6.45) is 5.79. The molecule has 106 valence electrons. The average Bonchev–Trinajstić information content (AvgIpc) is 3.19. The summed E-state index contributed by atoms with van der Waals surface area (Å²) in [4.78, 5) is 6.82. The Labute approximate surface area is 117 Å². The molecule has 1 fully saturated rings. The predicted molar refractivity (Wildman–Crippen MR) is 81.4 cm³/mol. The van der Waals surface area contributed by atoms with Crippen molar-refractivity contribution in [3.63, 3.8) is 0 Å². The Balaban J connectivity index is 1.95. The lowest BCUT2D eigenvalue weighted by Crippen LogP contribution is -2.30. The van der Waals surface area contributed by atoms with E-state index in [0.717, 1.165) is 24.2 Å². The second-order valence-corrected chi connectivity index (χ2v) is 6.25. The van der Waals surface area contributed by atoms with Crippen molar-refractivity contribution in [2.75, 3.05) is 11.9 Å². The van der Waals surface area contributed by atoms with Crippen LogP contribution < -0.4 is 10.2 Å². The number of anilines is 1. The Bertz CT molecular complexity index is 399. The molecule has 2 rings (SSSR count). The third-order valence-electron chi connectivity index (χ3n) is 3.83. The molecular weight excluding hydrogens is 234 g/mol. The van der Waals surface area contributed by atoms with Crippen LogP contribution in [0.5, 0.6) is 0 Å². The van der Waals surface area contributed by atoms with E-state index in [0.29, 0.717) is 6.04 Å². The normalized spacial score (nSPS) is 16.7. The Morgan fingerprint density at radius 3 is 2.74 bits per heavy atom. The molecule has 3 nitrogen and oxygen atoms in total. The molecule has 0 saturated heterocycles. The number of pyridine rings is 1. The van der Waals surface area contributed by atoms with Crippen molar-refractivity contribution >= 4 is 5.69 Å². The van der Waals surface area contributed by atoms with E-state index in [9.17, 15) is 0 Å². The fourth-order valence-electron chi connectivity index (χ4n) is 2.41. The third kappa shape index (κ3) is 4.50. The zero-order valence-electron chi connectivity index (χ0n) is 12.7. The van der Waals surface area contributed by atoms with Crippen molar-refractivity contribution in [3.05, 3.63) is 24.0 Å². The molecule has 0 aliphatic heterocycles. The summed E-state index contributed by atoms with van der Waals surface area (Å²) in [6.45, 7) is 7.75. The Hall–Kier alpha value is -1.09. The van der Waals surface area contributed by atoms with Crippen LogP contribution in [0.2, 0.25) is 0 Å². The van der Waals surface area contributed by atoms with Gasteiger partial charge in [-0.05, 0) is 44.2 Å². The van der Waals surface area contributed by atoms with Gasteiger partial charge in [0.25, 0.3) is 0 Å². The van der Waals surface area contributed by atoms with Gasteiger partial charge in [0.2, 0.25) is 0 Å². The fraction of sp³-hybridized carbons (Fsp3) is 0.688. The molecule has 1 unspecified atom stereocenters. The maximum atomic E-state index is 4.45. The molecule has 1 atom stereocenters. The minimum Gasteiger partial charge on any atom is -0.372 e. The molecule has 1 heterocycles. The van der Waals surface area contributed by atoms with Crippen LogP contribution in [0.4, 0.5) is 5.69 Å². The molecule has 0 radical (unpaired) electrons. The highest BCUT2D eigenvalue weighted by atomic mass is 15.1. The molecule has 3 heteroatoms. The van der Waals surface area contributed by atoms with Gasteiger partial charge in [-0.2, -0.15) is 0 Å². The summed E-state index contributed by atoms with van der Waals surface area (Å²) in [6, 6.07) is 5.62. The molecule has 1 saturated carbocycles. The van der Waals surface area contributed by atoms with Crippen LogP contribution in [0.25, 0.3) is 0 Å². The van der Waals surface area contributed by atoms with Gasteiger partial charge >= 0.3 is 0 Å². The van der Waals surface area contributed by atoms with Gasteiger partial charge in [0, 0.05) is 37.6 Å². The number of hydrogen-bond donors (Lipinski definition) is 1. The van der Waals surface area contributed by atoms with Crippen LogP contribution in [0.15, 0.2) is 18.3 Å². The zero-order valence-corrected chi connectivity index (χ0v) is 12.7. The van der Waals surface area contributed by atoms with E-state index >= 15 is 0 Å². The topological polar surface area (TPSA) is 28.2 Å². The first-order valence-electron chi connectivity index (χ1n) is 7.47. The van der Waals surface area contributed by atoms with E-state index in [1.807, 2.05) is 6.20 Å². The molecule has 1 N–H and O–H groups in total. The summed E-state index contributed by atoms with van der Waals surface area (Å²) in [5.74, 6) is 0.732. The first-order chi connectivity index (χ1) is 9.06. The van der Waals surface area contributed by atoms with Gasteiger partial charge in [0.05, 0.1) is 5.69 Å². The second kappa shape index (κ2) is 6.38. The summed E-state index contributed by atoms with van der Waals surface area (Å²) in [7, 11) is 2.18. The summed E-state index contributed by atoms with van der Waals surface area (Å²) in [5, 5.41) is 3.52. The second-order valence-electron chi connectivity index (χ2n) is 6.25. The van der Waals surface area contributed by atoms with Crippen LogP contribution >= 0.6 is 0 Å². The van der Waals surface area contributed by atoms with Crippen LogP contribution in [0.3, 0.4) is 0 Å². The molecule has 0 spiro atoms. The van der Waals surface area contributed by atoms with Gasteiger partial charge in [-0.25, -0.2) is 0 Å². The summed E-state index contributed by atoms with van der Waals surface area (Å²) < 4.78 is 0. The predicted octanol–water partition coefficient (Wildman–Crippen LogP) is 3.20. The van der Waals surface area contributed by atoms with Crippen LogP contribution in [-0.2, 0) is 6.54 Å². The molecule has 0 bridgehead atoms. The van der Waals surface area contributed by atoms with Crippen molar-refractivity contribution in [2.45, 2.75) is 58.7 Å². The van der Waals surface area contributed by atoms with Crippen LogP contribution in [0.1, 0.15) is 45.7 Å². The van der Waals surface area contributed by atoms with Crippen molar-refractivity contribution in [1.82, 2.24) is 10.3 Å². The lowest BCUT2D eigenvalue weighted by Gasteiger charge is -2.28. The van der Waals surface area contributed by atoms with Crippen LogP contribution in [0, 0.1) is 5.92 Å². The highest BCUT2D eigenvalue weighted by Crippen LogP contribution is 2.21. The number of rotatable bonds is 7. The SMILES string of the molecule is CC(C)CC(C)N(C)c1ccnc(CNC2CC2)c1. The zero-order chi connectivity index (χ0) is 13.8. The number of nitrogens with zero attached hydrogens (tertiary/aromatic N) is 2. The van der Waals surface area contributed by atoms with Crippen molar-refractivity contribution < 1.29 is 0 Å². The van der Waals surface area contributed by atoms with E-state index in [1.54, 1.807) is 0 Å². The van der Waals surface area contributed by atoms with Gasteiger partial charge in [0.15, 0.2) is 0 Å². The Kier molecular flexibility index (Phi) is 4.81. The Morgan fingerprint density at radius 2 is 2.11 bits per heavy atom. The largest absolute Gasteiger partial charge is 0.372 e. The van der Waals surface area contributed by atoms with E-state index in [4.69, 9.17) is 0 Å². The molecular formula is C16H27N3. The first kappa shape index (κ1) is 14.3. The molecule has 1 aromatic heterocycles. The van der Waals surface area contributed by atoms with E-state index in [-0.39, 0.29) is 0 Å². The maximum absolute atomic E-state index is 4.45. The van der Waals surface area contributed by atoms with Crippen molar-refractivity contribution in [2.24, 2.45) is 5.92 Å². The van der Waals surface area contributed by atoms with Gasteiger partial charge in [0.1, 0.15) is 0 Å². The van der Waals surface area contributed by atoms with Gasteiger partial charge < -0.3 is 10.2 Å². The smallest absolute Gasteiger partial charge is 0.0562 e. The average molecular weight is 261 g/mol. The maximum Gasteiger partial charge on any atom is 0.0562 e. The third-order valence-corrected chi connectivity index (χ3v) is 3.83. The van der Waals surface area contributed by atoms with Crippen molar-refractivity contribution in [3.8, 4) is 0 Å². The van der Waals surface area contributed by atoms with Crippen LogP contribution in [-0.4, -0.2) is 24.1 Å². The minimum absolute atomic E-state index is 0.562. The Morgan fingerprint density at radius 1 is 1.37 bits per heavy atom. The molecule has 1 aliphatic carbocycles. The lowest BCUT2D eigenvalue weighted by molar-refractivity contribution is 0.504. The molecule has 0 aromatic carbocycles. The highest BCUT2D eigenvalue weighted by Gasteiger charge is 2.20. The fourth-order valence-corrected chi connectivity index (χ4v) is 2.41. The van der Waals surface area contributed by atoms with Gasteiger partial charge in [-0.3, -0.25) is 4.98 Å². The van der Waals surface area contributed by atoms with E-state index in [1.165, 1.54) is 24.9 Å². The van der Waals surface area contributed by atoms with E-state index in [2.05, 4.69) is 55.2 Å². The van der Waals surface area contributed by atoms with E-state index < -0.39 is 0 Å². The summed E-state index contributed by atoms with van der Waals surface area (Å²) >= 11 is 0. The van der Waals surface area contributed by atoms with Gasteiger partial charge in [-0.15, -0.1) is 0 Å². The monoisotopic (exact) mass is 261 g/mol. The molecule has 0 amide bonds. The molecule has 1 aromatic rings. The van der Waals surface area contributed by atoms with Gasteiger partial charge in [-0.1, -0.05) is 13.8 Å². The number of aromatic nitrogens is 1. The summed E-state index contributed by atoms with van der Waals surface area (Å²) in [5.41, 5.74) is 2.42. The first-order valence-corrected chi connectivity index (χ1v) is 7.47. The lowest BCUT2D eigenvalue weighted by atomic mass is 10.0.